The molecule has 9 rings (SSSR count). The predicted octanol–water partition coefficient (Wildman–Crippen LogP) is 1.23. The van der Waals surface area contributed by atoms with Gasteiger partial charge in [0.15, 0.2) is 0 Å². The third-order valence-corrected chi connectivity index (χ3v) is 13.4. The maximum Gasteiger partial charge on any atom is 0.253 e. The lowest BCUT2D eigenvalue weighted by atomic mass is 9.82. The first kappa shape index (κ1) is 32.5. The van der Waals surface area contributed by atoms with Crippen molar-refractivity contribution < 1.29 is 35.7 Å². The molecule has 0 radical (unpaired) electrons. The number of sulfonamides is 1. The summed E-state index contributed by atoms with van der Waals surface area (Å²) in [5.74, 6) is 0.257. The fourth-order valence-corrected chi connectivity index (χ4v) is 10.7. The number of carbonyl (C=O) groups excluding carboxylic acids is 2. The Morgan fingerprint density at radius 1 is 0.804 bits per heavy atom. The normalized spacial score (nSPS) is 19.1. The van der Waals surface area contributed by atoms with E-state index in [-0.39, 0.29) is 18.7 Å². The maximum atomic E-state index is 13.4. The molecule has 6 aliphatic rings. The first-order valence-electron chi connectivity index (χ1n) is 17.6. The quantitative estimate of drug-likeness (QED) is 0.168. The number of fused-ring (bicyclic) bond motifs is 4. The van der Waals surface area contributed by atoms with Crippen LogP contribution < -0.4 is 29.5 Å². The molecule has 0 saturated heterocycles. The van der Waals surface area contributed by atoms with E-state index in [0.717, 1.165) is 123 Å². The largest absolute Gasteiger partial charge is 0.744 e. The monoisotopic (exact) mass is 728 g/mol. The summed E-state index contributed by atoms with van der Waals surface area (Å²) in [6.45, 7) is 3.34. The average Bonchev–Trinajstić information content (AvgIpc) is 3.43. The van der Waals surface area contributed by atoms with Crippen molar-refractivity contribution in [1.82, 2.24) is 14.2 Å². The molecular weight excluding hydrogens is 693 g/mol. The number of carbonyl (C=O) groups is 2. The Hall–Kier alpha value is -4.37. The van der Waals surface area contributed by atoms with Gasteiger partial charge < -0.3 is 14.2 Å². The molecule has 0 fully saturated rings. The number of nitrogens with one attached hydrogen (secondary N) is 1. The van der Waals surface area contributed by atoms with E-state index >= 15 is 0 Å². The standard InChI is InChI=1S/C37H36N4O8S2/c42-31-11-12-32(43)41(31)18-13-38-50(44,45)24-9-10-25(30(21-24)51(46,47)48)33-28-19-22-5-1-14-39-16-3-7-26(34(22)39)36(28)49-37-27-8-4-17-40-15-2-6-23(35(27)40)20-29(33)37/h9-12,19-21,38H,1-8,13-18H2. The SMILES string of the molecule is O=C1C=CC(=O)N1CCNS(=O)(=O)c1ccc(C2=c3cc4c5c(c3Oc3c2cc2c6c3CCCN6CCC2)CCC[N+]=5CCC4)c(S(=O)(=O)[O-])c1. The van der Waals surface area contributed by atoms with Crippen molar-refractivity contribution in [3.05, 3.63) is 86.4 Å². The zero-order valence-electron chi connectivity index (χ0n) is 27.9. The van der Waals surface area contributed by atoms with Crippen molar-refractivity contribution in [2.45, 2.75) is 61.2 Å². The summed E-state index contributed by atoms with van der Waals surface area (Å²) in [6, 6.07) is 7.81. The van der Waals surface area contributed by atoms with Crippen LogP contribution in [0.2, 0.25) is 0 Å². The van der Waals surface area contributed by atoms with E-state index in [0.29, 0.717) is 27.9 Å². The molecule has 0 atom stereocenters. The molecule has 3 aromatic carbocycles. The fraction of sp³-hybridized carbons (Fsp3) is 0.378. The molecule has 0 aliphatic carbocycles. The molecule has 0 unspecified atom stereocenters. The minimum atomic E-state index is -5.21. The van der Waals surface area contributed by atoms with Gasteiger partial charge in [0.2, 0.25) is 15.4 Å². The molecule has 3 aromatic rings. The molecule has 12 nitrogen and oxygen atoms in total. The molecule has 6 heterocycles. The molecule has 264 valence electrons. The number of rotatable bonds is 7. The molecule has 2 amide bonds. The summed E-state index contributed by atoms with van der Waals surface area (Å²) in [5, 5.41) is 1.90. The van der Waals surface area contributed by atoms with Crippen LogP contribution in [0, 0.1) is 0 Å². The molecule has 6 aliphatic heterocycles. The van der Waals surface area contributed by atoms with E-state index < -0.39 is 41.7 Å². The zero-order valence-corrected chi connectivity index (χ0v) is 29.5. The Balaban J connectivity index is 1.25. The van der Waals surface area contributed by atoms with Gasteiger partial charge >= 0.3 is 0 Å². The first-order chi connectivity index (χ1) is 24.5. The number of hydrogen-bond donors (Lipinski definition) is 1. The Morgan fingerprint density at radius 3 is 2.27 bits per heavy atom. The van der Waals surface area contributed by atoms with Crippen molar-refractivity contribution >= 4 is 43.2 Å². The maximum absolute atomic E-state index is 13.4. The van der Waals surface area contributed by atoms with Gasteiger partial charge in [-0.3, -0.25) is 14.5 Å². The van der Waals surface area contributed by atoms with Gasteiger partial charge in [-0.25, -0.2) is 26.1 Å². The fourth-order valence-electron chi connectivity index (χ4n) is 8.91. The lowest BCUT2D eigenvalue weighted by molar-refractivity contribution is -0.136. The van der Waals surface area contributed by atoms with Crippen LogP contribution in [0.1, 0.15) is 59.1 Å². The molecule has 0 aromatic heterocycles. The van der Waals surface area contributed by atoms with Gasteiger partial charge in [-0.15, -0.1) is 0 Å². The number of ether oxygens (including phenoxy) is 1. The Kier molecular flexibility index (Phi) is 7.55. The lowest BCUT2D eigenvalue weighted by Gasteiger charge is -2.39. The summed E-state index contributed by atoms with van der Waals surface area (Å²) in [6.07, 6.45) is 9.41. The number of anilines is 1. The second-order valence-electron chi connectivity index (χ2n) is 14.0. The molecule has 0 bridgehead atoms. The highest BCUT2D eigenvalue weighted by atomic mass is 32.2. The van der Waals surface area contributed by atoms with Gasteiger partial charge in [-0.2, -0.15) is 0 Å². The van der Waals surface area contributed by atoms with E-state index in [4.69, 9.17) is 4.74 Å². The van der Waals surface area contributed by atoms with Crippen LogP contribution in [0.25, 0.3) is 5.57 Å². The number of imide groups is 1. The van der Waals surface area contributed by atoms with E-state index in [1.807, 2.05) is 0 Å². The Bertz CT molecular complexity index is 2470. The van der Waals surface area contributed by atoms with E-state index in [2.05, 4.69) is 26.3 Å². The minimum absolute atomic E-state index is 0.125. The van der Waals surface area contributed by atoms with Gasteiger partial charge in [0.25, 0.3) is 11.8 Å². The van der Waals surface area contributed by atoms with Crippen molar-refractivity contribution in [2.75, 3.05) is 44.2 Å². The van der Waals surface area contributed by atoms with Gasteiger partial charge in [0.05, 0.1) is 15.4 Å². The summed E-state index contributed by atoms with van der Waals surface area (Å²) in [5.41, 5.74) is 7.08. The summed E-state index contributed by atoms with van der Waals surface area (Å²) < 4.78 is 78.1. The highest BCUT2D eigenvalue weighted by Gasteiger charge is 2.37. The number of nitrogens with zero attached hydrogens (tertiary/aromatic N) is 3. The molecule has 0 saturated carbocycles. The van der Waals surface area contributed by atoms with Crippen LogP contribution >= 0.6 is 0 Å². The summed E-state index contributed by atoms with van der Waals surface area (Å²) in [4.78, 5) is 26.1. The topological polar surface area (TPSA) is 156 Å². The van der Waals surface area contributed by atoms with Crippen LogP contribution in [-0.2, 0) is 55.4 Å². The molecule has 51 heavy (non-hydrogen) atoms. The highest BCUT2D eigenvalue weighted by Crippen LogP contribution is 2.49. The van der Waals surface area contributed by atoms with E-state index in [9.17, 15) is 31.0 Å². The van der Waals surface area contributed by atoms with Crippen molar-refractivity contribution in [3.8, 4) is 11.5 Å². The van der Waals surface area contributed by atoms with Gasteiger partial charge in [-0.1, -0.05) is 6.07 Å². The van der Waals surface area contributed by atoms with Gasteiger partial charge in [0, 0.05) is 89.9 Å². The zero-order chi connectivity index (χ0) is 35.2. The number of hydrogen-bond acceptors (Lipinski definition) is 9. The van der Waals surface area contributed by atoms with Gasteiger partial charge in [-0.05, 0) is 68.4 Å². The average molecular weight is 729 g/mol. The molecule has 14 heteroatoms. The first-order valence-corrected chi connectivity index (χ1v) is 20.5. The third kappa shape index (κ3) is 5.25. The van der Waals surface area contributed by atoms with Crippen molar-refractivity contribution in [2.24, 2.45) is 0 Å². The molecular formula is C37H36N4O8S2. The second-order valence-corrected chi connectivity index (χ2v) is 17.1. The van der Waals surface area contributed by atoms with Crippen molar-refractivity contribution in [1.29, 1.82) is 0 Å². The number of benzene rings is 3. The second kappa shape index (κ2) is 11.8. The smallest absolute Gasteiger partial charge is 0.253 e. The van der Waals surface area contributed by atoms with Crippen LogP contribution in [-0.4, -0.2) is 77.4 Å². The van der Waals surface area contributed by atoms with Crippen molar-refractivity contribution in [3.63, 3.8) is 0 Å². The lowest BCUT2D eigenvalue weighted by Crippen LogP contribution is -2.45. The third-order valence-electron chi connectivity index (χ3n) is 11.0. The summed E-state index contributed by atoms with van der Waals surface area (Å²) >= 11 is 0. The molecule has 0 spiro atoms. The van der Waals surface area contributed by atoms with E-state index in [1.54, 1.807) is 0 Å². The Labute approximate surface area is 295 Å². The number of amides is 2. The van der Waals surface area contributed by atoms with Crippen LogP contribution in [0.3, 0.4) is 0 Å². The Morgan fingerprint density at radius 2 is 1.51 bits per heavy atom. The summed E-state index contributed by atoms with van der Waals surface area (Å²) in [7, 11) is -9.55. The predicted molar refractivity (Wildman–Crippen MR) is 186 cm³/mol. The molecule has 1 N–H and O–H groups in total. The van der Waals surface area contributed by atoms with Crippen LogP contribution in [0.4, 0.5) is 5.69 Å². The number of aryl methyl sites for hydroxylation is 2. The van der Waals surface area contributed by atoms with Gasteiger partial charge in [0.1, 0.15) is 34.7 Å². The van der Waals surface area contributed by atoms with Crippen LogP contribution in [0.15, 0.2) is 52.3 Å². The highest BCUT2D eigenvalue weighted by molar-refractivity contribution is 7.89. The van der Waals surface area contributed by atoms with Crippen LogP contribution in [0.5, 0.6) is 11.5 Å². The van der Waals surface area contributed by atoms with E-state index in [1.165, 1.54) is 23.2 Å². The minimum Gasteiger partial charge on any atom is -0.744 e.